The molecule has 2 aromatic rings. The zero-order valence-electron chi connectivity index (χ0n) is 21.4. The van der Waals surface area contributed by atoms with E-state index in [4.69, 9.17) is 19.3 Å². The predicted octanol–water partition coefficient (Wildman–Crippen LogP) is 4.35. The van der Waals surface area contributed by atoms with Gasteiger partial charge in [-0.15, -0.1) is 0 Å². The summed E-state index contributed by atoms with van der Waals surface area (Å²) in [6, 6.07) is 13.6. The summed E-state index contributed by atoms with van der Waals surface area (Å²) in [5, 5.41) is 11.7. The highest BCUT2D eigenvalue weighted by atomic mass is 16.7. The van der Waals surface area contributed by atoms with Crippen molar-refractivity contribution in [2.45, 2.75) is 51.9 Å². The van der Waals surface area contributed by atoms with Gasteiger partial charge in [0, 0.05) is 48.7 Å². The van der Waals surface area contributed by atoms with Crippen molar-refractivity contribution in [1.82, 2.24) is 10.2 Å². The lowest BCUT2D eigenvalue weighted by molar-refractivity contribution is -0.148. The normalized spacial score (nSPS) is 20.5. The molecule has 37 heavy (non-hydrogen) atoms. The van der Waals surface area contributed by atoms with Crippen LogP contribution in [-0.4, -0.2) is 61.1 Å². The van der Waals surface area contributed by atoms with Gasteiger partial charge in [0.2, 0.25) is 6.29 Å². The van der Waals surface area contributed by atoms with E-state index in [9.17, 15) is 9.59 Å². The number of carbonyl (C=O) groups is 2. The first-order chi connectivity index (χ1) is 17.9. The van der Waals surface area contributed by atoms with Crippen LogP contribution in [0.3, 0.4) is 0 Å². The largest absolute Gasteiger partial charge is 0.464 e. The van der Waals surface area contributed by atoms with E-state index in [1.54, 1.807) is 17.0 Å². The van der Waals surface area contributed by atoms with Crippen LogP contribution in [0.4, 0.5) is 4.79 Å². The second-order valence-electron chi connectivity index (χ2n) is 10.7. The first-order valence-corrected chi connectivity index (χ1v) is 13.3. The Morgan fingerprint density at radius 2 is 1.84 bits per heavy atom. The lowest BCUT2D eigenvalue weighted by Gasteiger charge is -2.37. The summed E-state index contributed by atoms with van der Waals surface area (Å²) in [7, 11) is 0. The van der Waals surface area contributed by atoms with E-state index in [0.717, 1.165) is 48.1 Å². The molecule has 1 saturated heterocycles. The second-order valence-corrected chi connectivity index (χ2v) is 10.7. The van der Waals surface area contributed by atoms with Gasteiger partial charge in [-0.3, -0.25) is 4.79 Å². The molecule has 2 N–H and O–H groups in total. The zero-order valence-corrected chi connectivity index (χ0v) is 21.4. The molecule has 5 rings (SSSR count). The summed E-state index contributed by atoms with van der Waals surface area (Å²) >= 11 is 0. The topological polar surface area (TPSA) is 97.3 Å². The summed E-state index contributed by atoms with van der Waals surface area (Å²) in [4.78, 5) is 26.4. The van der Waals surface area contributed by atoms with Crippen LogP contribution >= 0.6 is 0 Å². The Balaban J connectivity index is 1.13. The molecule has 3 aliphatic rings. The van der Waals surface area contributed by atoms with E-state index in [2.05, 4.69) is 18.3 Å². The number of carbonyl (C=O) groups excluding carboxylic acids is 2. The highest BCUT2D eigenvalue weighted by molar-refractivity contribution is 5.94. The standard InChI is InChI=1S/C29H36N2O6/c1-29(11-12-29)19-36-28(34)31-14-9-22(10-15-31)27-35-18-24-17-23(7-8-25(24)37-27)20-3-5-21(6-4-20)26(33)30-13-2-16-32/h3-8,17,22,27,32H,2,9-16,18-19H2,1H3,(H,30,33). The smallest absolute Gasteiger partial charge is 0.409 e. The Labute approximate surface area is 217 Å². The maximum absolute atomic E-state index is 12.4. The van der Waals surface area contributed by atoms with Crippen molar-refractivity contribution in [3.05, 3.63) is 53.6 Å². The number of fused-ring (bicyclic) bond motifs is 1. The Hall–Kier alpha value is -3.10. The SMILES string of the molecule is CC1(COC(=O)N2CCC(C3OCc4cc(-c5ccc(C(=O)NCCCO)cc5)ccc4O3)CC2)CC1. The Morgan fingerprint density at radius 1 is 1.11 bits per heavy atom. The number of ether oxygens (including phenoxy) is 3. The van der Waals surface area contributed by atoms with Crippen LogP contribution in [0.15, 0.2) is 42.5 Å². The Kier molecular flexibility index (Phi) is 7.67. The third-order valence-electron chi connectivity index (χ3n) is 7.64. The van der Waals surface area contributed by atoms with Crippen molar-refractivity contribution < 1.29 is 28.9 Å². The fourth-order valence-electron chi connectivity index (χ4n) is 4.79. The van der Waals surface area contributed by atoms with Gasteiger partial charge in [0.1, 0.15) is 5.75 Å². The number of benzene rings is 2. The van der Waals surface area contributed by atoms with Gasteiger partial charge in [-0.2, -0.15) is 0 Å². The minimum absolute atomic E-state index is 0.0566. The van der Waals surface area contributed by atoms with E-state index in [-0.39, 0.29) is 36.2 Å². The van der Waals surface area contributed by atoms with E-state index >= 15 is 0 Å². The van der Waals surface area contributed by atoms with Crippen LogP contribution < -0.4 is 10.1 Å². The number of rotatable bonds is 8. The lowest BCUT2D eigenvalue weighted by atomic mass is 9.95. The summed E-state index contributed by atoms with van der Waals surface area (Å²) in [6.07, 6.45) is 3.95. The van der Waals surface area contributed by atoms with Gasteiger partial charge in [0.25, 0.3) is 5.91 Å². The quantitative estimate of drug-likeness (QED) is 0.515. The highest BCUT2D eigenvalue weighted by Gasteiger charge is 2.39. The molecule has 0 radical (unpaired) electrons. The van der Waals surface area contributed by atoms with Gasteiger partial charge in [0.15, 0.2) is 0 Å². The molecule has 2 aliphatic heterocycles. The van der Waals surface area contributed by atoms with Gasteiger partial charge in [0.05, 0.1) is 13.2 Å². The molecule has 2 aromatic carbocycles. The van der Waals surface area contributed by atoms with E-state index in [1.807, 2.05) is 24.3 Å². The van der Waals surface area contributed by atoms with Crippen LogP contribution in [0.1, 0.15) is 54.9 Å². The first-order valence-electron chi connectivity index (χ1n) is 13.3. The molecule has 0 spiro atoms. The van der Waals surface area contributed by atoms with Crippen LogP contribution in [0, 0.1) is 11.3 Å². The van der Waals surface area contributed by atoms with Crippen molar-refractivity contribution in [2.24, 2.45) is 11.3 Å². The van der Waals surface area contributed by atoms with Crippen LogP contribution in [-0.2, 0) is 16.1 Å². The number of likely N-dealkylation sites (tertiary alicyclic amines) is 1. The number of hydrogen-bond acceptors (Lipinski definition) is 6. The molecular weight excluding hydrogens is 472 g/mol. The maximum Gasteiger partial charge on any atom is 0.409 e. The third-order valence-corrected chi connectivity index (χ3v) is 7.64. The Morgan fingerprint density at radius 3 is 2.54 bits per heavy atom. The van der Waals surface area contributed by atoms with Crippen LogP contribution in [0.25, 0.3) is 11.1 Å². The molecule has 0 bridgehead atoms. The van der Waals surface area contributed by atoms with Gasteiger partial charge in [-0.05, 0) is 67.5 Å². The number of aliphatic hydroxyl groups is 1. The van der Waals surface area contributed by atoms with Gasteiger partial charge >= 0.3 is 6.09 Å². The monoisotopic (exact) mass is 508 g/mol. The highest BCUT2D eigenvalue weighted by Crippen LogP contribution is 2.45. The first kappa shape index (κ1) is 25.5. The number of hydrogen-bond donors (Lipinski definition) is 2. The molecule has 1 aliphatic carbocycles. The summed E-state index contributed by atoms with van der Waals surface area (Å²) in [6.45, 7) is 4.97. The fraction of sp³-hybridized carbons (Fsp3) is 0.517. The molecule has 1 unspecified atom stereocenters. The van der Waals surface area contributed by atoms with Crippen LogP contribution in [0.5, 0.6) is 5.75 Å². The zero-order chi connectivity index (χ0) is 25.8. The summed E-state index contributed by atoms with van der Waals surface area (Å²) in [5.74, 6) is 0.918. The predicted molar refractivity (Wildman–Crippen MR) is 138 cm³/mol. The molecule has 198 valence electrons. The molecule has 0 aromatic heterocycles. The minimum atomic E-state index is -0.314. The molecule has 1 atom stereocenters. The fourth-order valence-corrected chi connectivity index (χ4v) is 4.79. The number of amides is 2. The number of nitrogens with one attached hydrogen (secondary N) is 1. The molecule has 8 nitrogen and oxygen atoms in total. The molecule has 2 amide bonds. The minimum Gasteiger partial charge on any atom is -0.464 e. The summed E-state index contributed by atoms with van der Waals surface area (Å²) in [5.41, 5.74) is 3.82. The number of piperidine rings is 1. The van der Waals surface area contributed by atoms with Crippen LogP contribution in [0.2, 0.25) is 0 Å². The number of nitrogens with zero attached hydrogens (tertiary/aromatic N) is 1. The van der Waals surface area contributed by atoms with E-state index < -0.39 is 0 Å². The van der Waals surface area contributed by atoms with Gasteiger partial charge in [-0.25, -0.2) is 4.79 Å². The lowest BCUT2D eigenvalue weighted by Crippen LogP contribution is -2.44. The molecule has 1 saturated carbocycles. The van der Waals surface area contributed by atoms with Crippen molar-refractivity contribution in [3.63, 3.8) is 0 Å². The van der Waals surface area contributed by atoms with Crippen molar-refractivity contribution in [2.75, 3.05) is 32.8 Å². The van der Waals surface area contributed by atoms with E-state index in [1.165, 1.54) is 0 Å². The molecule has 2 heterocycles. The van der Waals surface area contributed by atoms with Crippen molar-refractivity contribution in [1.29, 1.82) is 0 Å². The Bertz CT molecular complexity index is 1110. The third kappa shape index (κ3) is 6.25. The van der Waals surface area contributed by atoms with Gasteiger partial charge in [-0.1, -0.05) is 25.1 Å². The van der Waals surface area contributed by atoms with Gasteiger partial charge < -0.3 is 29.5 Å². The molecular formula is C29H36N2O6. The van der Waals surface area contributed by atoms with E-state index in [0.29, 0.717) is 44.8 Å². The average Bonchev–Trinajstić information content (AvgIpc) is 3.68. The maximum atomic E-state index is 12.4. The van der Waals surface area contributed by atoms with Crippen molar-refractivity contribution >= 4 is 12.0 Å². The second kappa shape index (κ2) is 11.1. The number of aliphatic hydroxyl groups excluding tert-OH is 1. The molecule has 2 fully saturated rings. The molecule has 8 heteroatoms. The summed E-state index contributed by atoms with van der Waals surface area (Å²) < 4.78 is 17.8. The average molecular weight is 509 g/mol. The van der Waals surface area contributed by atoms with Crippen molar-refractivity contribution in [3.8, 4) is 16.9 Å².